The van der Waals surface area contributed by atoms with Crippen LogP contribution in [-0.4, -0.2) is 14.5 Å². The van der Waals surface area contributed by atoms with Crippen molar-refractivity contribution in [1.82, 2.24) is 14.5 Å². The zero-order chi connectivity index (χ0) is 24.0. The number of benzene rings is 3. The second-order valence-electron chi connectivity index (χ2n) is 9.12. The average molecular weight is 441 g/mol. The maximum absolute atomic E-state index is 8.13. The zero-order valence-electron chi connectivity index (χ0n) is 20.2. The van der Waals surface area contributed by atoms with E-state index in [4.69, 9.17) is 1.37 Å². The molecule has 0 aliphatic rings. The fourth-order valence-electron chi connectivity index (χ4n) is 4.80. The van der Waals surface area contributed by atoms with Crippen molar-refractivity contribution < 1.29 is 1.37 Å². The molecule has 0 aliphatic heterocycles. The molecule has 164 valence electrons. The van der Waals surface area contributed by atoms with Crippen molar-refractivity contribution in [2.24, 2.45) is 0 Å². The zero-order valence-corrected chi connectivity index (χ0v) is 19.2. The molecular weight excluding hydrogens is 414 g/mol. The molecule has 3 aromatic carbocycles. The fraction of sp³-hybridized carbons (Fsp3) is 0.0968. The van der Waals surface area contributed by atoms with E-state index in [2.05, 4.69) is 95.1 Å². The molecule has 0 unspecified atom stereocenters. The molecule has 0 saturated carbocycles. The minimum atomic E-state index is -0.214. The number of hydrogen-bond donors (Lipinski definition) is 0. The number of fused-ring (bicyclic) bond motifs is 3. The number of nitrogens with zero attached hydrogens (tertiary/aromatic N) is 3. The minimum absolute atomic E-state index is 0.214. The highest BCUT2D eigenvalue weighted by Gasteiger charge is 2.24. The van der Waals surface area contributed by atoms with E-state index in [0.29, 0.717) is 6.04 Å². The van der Waals surface area contributed by atoms with Crippen LogP contribution in [0, 0.1) is 0 Å². The molecule has 3 nitrogen and oxygen atoms in total. The first-order valence-electron chi connectivity index (χ1n) is 12.0. The van der Waals surface area contributed by atoms with Crippen LogP contribution in [0.3, 0.4) is 0 Å². The Labute approximate surface area is 200 Å². The van der Waals surface area contributed by atoms with Crippen LogP contribution in [0.1, 0.15) is 26.5 Å². The summed E-state index contributed by atoms with van der Waals surface area (Å²) >= 11 is 0. The lowest BCUT2D eigenvalue weighted by Crippen LogP contribution is -2.20. The van der Waals surface area contributed by atoms with E-state index in [1.54, 1.807) is 12.3 Å². The van der Waals surface area contributed by atoms with Crippen molar-refractivity contribution in [3.05, 3.63) is 127 Å². The Morgan fingerprint density at radius 3 is 2.32 bits per heavy atom. The van der Waals surface area contributed by atoms with E-state index in [-0.39, 0.29) is 5.41 Å². The Morgan fingerprint density at radius 2 is 1.47 bits per heavy atom. The largest absolute Gasteiger partial charge is 0.294 e. The first kappa shape index (κ1) is 19.2. The van der Waals surface area contributed by atoms with Gasteiger partial charge in [-0.2, -0.15) is 0 Å². The average Bonchev–Trinajstić information content (AvgIpc) is 3.23. The van der Waals surface area contributed by atoms with Gasteiger partial charge in [-0.15, -0.1) is 0 Å². The van der Waals surface area contributed by atoms with Gasteiger partial charge in [-0.25, -0.2) is 4.98 Å². The van der Waals surface area contributed by atoms with Gasteiger partial charge in [-0.1, -0.05) is 80.6 Å². The van der Waals surface area contributed by atoms with E-state index in [9.17, 15) is 0 Å². The van der Waals surface area contributed by atoms with Crippen molar-refractivity contribution in [1.29, 1.82) is 0 Å². The third-order valence-corrected chi connectivity index (χ3v) is 6.72. The number of aromatic nitrogens is 3. The molecule has 0 radical (unpaired) electrons. The van der Waals surface area contributed by atoms with Gasteiger partial charge >= 0.3 is 0 Å². The number of para-hydroxylation sites is 1. The van der Waals surface area contributed by atoms with Gasteiger partial charge in [-0.05, 0) is 53.1 Å². The van der Waals surface area contributed by atoms with Gasteiger partial charge in [0.2, 0.25) is 0 Å². The lowest BCUT2D eigenvalue weighted by Gasteiger charge is -2.25. The molecule has 0 atom stereocenters. The molecule has 0 fully saturated rings. The summed E-state index contributed by atoms with van der Waals surface area (Å²) in [7, 11) is 0. The second kappa shape index (κ2) is 7.96. The maximum atomic E-state index is 8.13. The van der Waals surface area contributed by atoms with E-state index < -0.39 is 0 Å². The van der Waals surface area contributed by atoms with Crippen LogP contribution >= 0.6 is 0 Å². The van der Waals surface area contributed by atoms with Crippen LogP contribution in [0.2, 0.25) is 0 Å². The summed E-state index contributed by atoms with van der Waals surface area (Å²) in [6.45, 7) is 4.43. The van der Waals surface area contributed by atoms with Crippen molar-refractivity contribution in [2.45, 2.75) is 19.3 Å². The van der Waals surface area contributed by atoms with Crippen LogP contribution in [0.25, 0.3) is 38.8 Å². The van der Waals surface area contributed by atoms with Crippen LogP contribution < -0.4 is 0 Å². The molecule has 34 heavy (non-hydrogen) atoms. The van der Waals surface area contributed by atoms with E-state index in [1.807, 2.05) is 30.5 Å². The quantitative estimate of drug-likeness (QED) is 0.283. The monoisotopic (exact) mass is 440 g/mol. The molecule has 0 saturated heterocycles. The summed E-state index contributed by atoms with van der Waals surface area (Å²) in [5.41, 5.74) is 6.52. The van der Waals surface area contributed by atoms with Crippen molar-refractivity contribution >= 4 is 21.8 Å². The van der Waals surface area contributed by atoms with E-state index in [0.717, 1.165) is 33.7 Å². The summed E-state index contributed by atoms with van der Waals surface area (Å²) in [6.07, 6.45) is 3.55. The van der Waals surface area contributed by atoms with Gasteiger partial charge in [0.15, 0.2) is 0 Å². The number of rotatable bonds is 4. The first-order chi connectivity index (χ1) is 17.0. The van der Waals surface area contributed by atoms with Gasteiger partial charge < -0.3 is 0 Å². The van der Waals surface area contributed by atoms with Gasteiger partial charge in [-0.3, -0.25) is 9.55 Å². The summed E-state index contributed by atoms with van der Waals surface area (Å²) in [5.74, 6) is 0.755. The summed E-state index contributed by atoms with van der Waals surface area (Å²) < 4.78 is 10.3. The highest BCUT2D eigenvalue weighted by molar-refractivity contribution is 6.10. The van der Waals surface area contributed by atoms with Crippen LogP contribution in [0.15, 0.2) is 115 Å². The lowest BCUT2D eigenvalue weighted by molar-refractivity contribution is 0.617. The van der Waals surface area contributed by atoms with Crippen molar-refractivity contribution in [3.63, 3.8) is 0 Å². The van der Waals surface area contributed by atoms with Crippen molar-refractivity contribution in [2.75, 3.05) is 0 Å². The smallest absolute Gasteiger partial charge is 0.137 e. The molecule has 0 aliphatic carbocycles. The molecule has 6 rings (SSSR count). The molecule has 0 bridgehead atoms. The number of hydrogen-bond acceptors (Lipinski definition) is 2. The normalized spacial score (nSPS) is 12.2. The minimum Gasteiger partial charge on any atom is -0.294 e. The summed E-state index contributed by atoms with van der Waals surface area (Å²) in [5, 5.41) is 2.35. The molecule has 3 heteroatoms. The highest BCUT2D eigenvalue weighted by Crippen LogP contribution is 2.36. The molecule has 3 aromatic heterocycles. The lowest BCUT2D eigenvalue weighted by atomic mass is 9.80. The van der Waals surface area contributed by atoms with Crippen LogP contribution in [0.4, 0.5) is 0 Å². The third kappa shape index (κ3) is 3.29. The molecule has 0 N–H and O–H groups in total. The Kier molecular flexibility index (Phi) is 4.51. The highest BCUT2D eigenvalue weighted by atomic mass is 15.1. The Bertz CT molecular complexity index is 1680. The van der Waals surface area contributed by atoms with Crippen LogP contribution in [-0.2, 0) is 5.41 Å². The Hall–Kier alpha value is -4.24. The number of pyridine rings is 2. The molecule has 6 aromatic rings. The van der Waals surface area contributed by atoms with Gasteiger partial charge in [0.25, 0.3) is 0 Å². The van der Waals surface area contributed by atoms with Gasteiger partial charge in [0, 0.05) is 28.6 Å². The SMILES string of the molecule is [2H]c1ccnc(-n2c3ccccc3c3ccc(-c4cccc(C(C)(C)c5ccccn5)c4)cc32)c1. The van der Waals surface area contributed by atoms with E-state index in [1.165, 1.54) is 16.3 Å². The third-order valence-electron chi connectivity index (χ3n) is 6.72. The molecule has 3 heterocycles. The topological polar surface area (TPSA) is 30.7 Å². The first-order valence-corrected chi connectivity index (χ1v) is 11.5. The maximum Gasteiger partial charge on any atom is 0.137 e. The fourth-order valence-corrected chi connectivity index (χ4v) is 4.80. The second-order valence-corrected chi connectivity index (χ2v) is 9.12. The van der Waals surface area contributed by atoms with Gasteiger partial charge in [0.05, 0.1) is 18.1 Å². The van der Waals surface area contributed by atoms with Crippen molar-refractivity contribution in [3.8, 4) is 16.9 Å². The predicted molar refractivity (Wildman–Crippen MR) is 140 cm³/mol. The Morgan fingerprint density at radius 1 is 0.676 bits per heavy atom. The van der Waals surface area contributed by atoms with E-state index >= 15 is 0 Å². The Balaban J connectivity index is 1.54. The molecular formula is C31H25N3. The van der Waals surface area contributed by atoms with Crippen LogP contribution in [0.5, 0.6) is 0 Å². The summed E-state index contributed by atoms with van der Waals surface area (Å²) in [4.78, 5) is 9.22. The predicted octanol–water partition coefficient (Wildman–Crippen LogP) is 7.57. The van der Waals surface area contributed by atoms with Gasteiger partial charge in [0.1, 0.15) is 5.82 Å². The summed E-state index contributed by atoms with van der Waals surface area (Å²) in [6, 6.07) is 33.8. The molecule has 0 amide bonds. The molecule has 0 spiro atoms. The standard InChI is InChI=1S/C31H25N3/c1-31(2,29-14-5-7-18-32-29)24-11-9-10-22(20-24)23-16-17-26-25-12-3-4-13-27(25)34(28(26)21-23)30-15-6-8-19-33-30/h3-21H,1-2H3/i6D.